The number of carbonyl (C=O) groups is 2. The quantitative estimate of drug-likeness (QED) is 0.673. The minimum Gasteiger partial charge on any atom is -0.456 e. The van der Waals surface area contributed by atoms with Crippen LogP contribution in [0.2, 0.25) is 0 Å². The molecular formula is C19H26N6O3. The molecule has 2 aromatic heterocycles. The molecule has 0 N–H and O–H groups in total. The minimum absolute atomic E-state index is 0.171. The minimum atomic E-state index is -0.368. The van der Waals surface area contributed by atoms with Crippen molar-refractivity contribution in [2.45, 2.75) is 26.7 Å². The highest BCUT2D eigenvalue weighted by Crippen LogP contribution is 2.14. The fourth-order valence-electron chi connectivity index (χ4n) is 3.32. The van der Waals surface area contributed by atoms with Crippen LogP contribution in [0.4, 0.5) is 5.95 Å². The highest BCUT2D eigenvalue weighted by atomic mass is 16.5. The molecule has 1 amide bonds. The zero-order valence-electron chi connectivity index (χ0n) is 16.6. The summed E-state index contributed by atoms with van der Waals surface area (Å²) in [7, 11) is 1.88. The van der Waals surface area contributed by atoms with Crippen molar-refractivity contribution >= 4 is 17.8 Å². The summed E-state index contributed by atoms with van der Waals surface area (Å²) in [6.07, 6.45) is 4.20. The molecule has 0 saturated carbocycles. The summed E-state index contributed by atoms with van der Waals surface area (Å²) >= 11 is 0. The first kappa shape index (κ1) is 19.8. The first-order chi connectivity index (χ1) is 13.5. The molecule has 3 heterocycles. The Labute approximate surface area is 164 Å². The first-order valence-corrected chi connectivity index (χ1v) is 9.40. The van der Waals surface area contributed by atoms with Crippen LogP contribution in [0.1, 0.15) is 23.4 Å². The van der Waals surface area contributed by atoms with Crippen LogP contribution < -0.4 is 4.90 Å². The van der Waals surface area contributed by atoms with Gasteiger partial charge >= 0.3 is 5.97 Å². The summed E-state index contributed by atoms with van der Waals surface area (Å²) in [6.45, 7) is 6.12. The molecule has 1 saturated heterocycles. The van der Waals surface area contributed by atoms with Gasteiger partial charge in [-0.25, -0.2) is 9.97 Å². The fraction of sp³-hybridized carbons (Fsp3) is 0.526. The number of rotatable bonds is 6. The van der Waals surface area contributed by atoms with E-state index in [-0.39, 0.29) is 24.9 Å². The number of carbonyl (C=O) groups excluding carboxylic acids is 2. The van der Waals surface area contributed by atoms with E-state index in [0.29, 0.717) is 38.5 Å². The van der Waals surface area contributed by atoms with Crippen molar-refractivity contribution in [2.24, 2.45) is 7.05 Å². The lowest BCUT2D eigenvalue weighted by molar-refractivity contribution is -0.152. The number of hydrogen-bond acceptors (Lipinski definition) is 7. The number of amides is 1. The third kappa shape index (κ3) is 4.65. The summed E-state index contributed by atoms with van der Waals surface area (Å²) < 4.78 is 6.99. The van der Waals surface area contributed by atoms with Gasteiger partial charge in [0.25, 0.3) is 5.91 Å². The van der Waals surface area contributed by atoms with E-state index in [2.05, 4.69) is 15.1 Å². The Bertz CT molecular complexity index is 828. The molecule has 9 nitrogen and oxygen atoms in total. The molecule has 1 aliphatic heterocycles. The zero-order chi connectivity index (χ0) is 20.1. The number of anilines is 1. The Morgan fingerprint density at radius 2 is 1.79 bits per heavy atom. The van der Waals surface area contributed by atoms with Crippen LogP contribution in [0.5, 0.6) is 0 Å². The zero-order valence-corrected chi connectivity index (χ0v) is 16.6. The number of hydrogen-bond donors (Lipinski definition) is 0. The van der Waals surface area contributed by atoms with E-state index in [9.17, 15) is 9.59 Å². The smallest absolute Gasteiger partial charge is 0.306 e. The van der Waals surface area contributed by atoms with Crippen LogP contribution >= 0.6 is 0 Å². The number of esters is 1. The van der Waals surface area contributed by atoms with Crippen LogP contribution in [-0.2, 0) is 27.8 Å². The van der Waals surface area contributed by atoms with Gasteiger partial charge in [-0.3, -0.25) is 14.3 Å². The van der Waals surface area contributed by atoms with Gasteiger partial charge in [-0.2, -0.15) is 5.10 Å². The Hall–Kier alpha value is -2.97. The van der Waals surface area contributed by atoms with E-state index < -0.39 is 0 Å². The van der Waals surface area contributed by atoms with Crippen molar-refractivity contribution in [3.8, 4) is 0 Å². The van der Waals surface area contributed by atoms with Crippen LogP contribution in [-0.4, -0.2) is 69.3 Å². The molecule has 1 fully saturated rings. The molecular weight excluding hydrogens is 360 g/mol. The molecule has 0 aromatic carbocycles. The fourth-order valence-corrected chi connectivity index (χ4v) is 3.32. The van der Waals surface area contributed by atoms with Gasteiger partial charge < -0.3 is 14.5 Å². The molecule has 2 aromatic rings. The van der Waals surface area contributed by atoms with Gasteiger partial charge in [-0.05, 0) is 31.9 Å². The van der Waals surface area contributed by atoms with Crippen LogP contribution in [0.25, 0.3) is 0 Å². The lowest BCUT2D eigenvalue weighted by Crippen LogP contribution is -2.50. The molecule has 150 valence electrons. The van der Waals surface area contributed by atoms with E-state index in [0.717, 1.165) is 17.0 Å². The molecule has 0 aliphatic carbocycles. The molecule has 9 heteroatoms. The first-order valence-electron chi connectivity index (χ1n) is 9.40. The molecule has 0 atom stereocenters. The van der Waals surface area contributed by atoms with Gasteiger partial charge in [0.05, 0.1) is 5.69 Å². The maximum Gasteiger partial charge on any atom is 0.306 e. The number of ether oxygens (including phenoxy) is 1. The SMILES string of the molecule is Cc1nn(C)c(C)c1CCC(=O)OCC(=O)N1CCN(c2ncccn2)CC1. The molecule has 0 bridgehead atoms. The molecule has 28 heavy (non-hydrogen) atoms. The molecule has 0 radical (unpaired) electrons. The lowest BCUT2D eigenvalue weighted by Gasteiger charge is -2.34. The summed E-state index contributed by atoms with van der Waals surface area (Å²) in [5.74, 6) is 0.130. The maximum atomic E-state index is 12.3. The third-order valence-corrected chi connectivity index (χ3v) is 5.06. The van der Waals surface area contributed by atoms with Crippen LogP contribution in [0.15, 0.2) is 18.5 Å². The van der Waals surface area contributed by atoms with Crippen molar-refractivity contribution in [3.63, 3.8) is 0 Å². The Balaban J connectivity index is 1.40. The van der Waals surface area contributed by atoms with Crippen LogP contribution in [0.3, 0.4) is 0 Å². The second kappa shape index (κ2) is 8.81. The molecule has 0 spiro atoms. The number of aryl methyl sites for hydroxylation is 2. The number of nitrogens with zero attached hydrogens (tertiary/aromatic N) is 6. The second-order valence-electron chi connectivity index (χ2n) is 6.85. The average Bonchev–Trinajstić information content (AvgIpc) is 2.96. The Kier molecular flexibility index (Phi) is 6.23. The second-order valence-corrected chi connectivity index (χ2v) is 6.85. The number of aromatic nitrogens is 4. The Morgan fingerprint density at radius 3 is 2.39 bits per heavy atom. The van der Waals surface area contributed by atoms with Gasteiger partial charge in [0.1, 0.15) is 0 Å². The number of piperazine rings is 1. The van der Waals surface area contributed by atoms with Gasteiger partial charge in [-0.15, -0.1) is 0 Å². The molecule has 3 rings (SSSR count). The highest BCUT2D eigenvalue weighted by molar-refractivity contribution is 5.81. The predicted molar refractivity (Wildman–Crippen MR) is 103 cm³/mol. The summed E-state index contributed by atoms with van der Waals surface area (Å²) in [5.41, 5.74) is 3.02. The summed E-state index contributed by atoms with van der Waals surface area (Å²) in [6, 6.07) is 1.77. The van der Waals surface area contributed by atoms with E-state index in [1.807, 2.05) is 25.8 Å². The monoisotopic (exact) mass is 386 g/mol. The largest absolute Gasteiger partial charge is 0.456 e. The predicted octanol–water partition coefficient (Wildman–Crippen LogP) is 0.652. The maximum absolute atomic E-state index is 12.3. The average molecular weight is 386 g/mol. The van der Waals surface area contributed by atoms with E-state index in [1.54, 1.807) is 28.0 Å². The third-order valence-electron chi connectivity index (χ3n) is 5.06. The van der Waals surface area contributed by atoms with Gasteiger partial charge in [0, 0.05) is 57.7 Å². The Morgan fingerprint density at radius 1 is 1.11 bits per heavy atom. The van der Waals surface area contributed by atoms with Crippen molar-refractivity contribution in [3.05, 3.63) is 35.4 Å². The van der Waals surface area contributed by atoms with E-state index >= 15 is 0 Å². The topological polar surface area (TPSA) is 93.5 Å². The summed E-state index contributed by atoms with van der Waals surface area (Å²) in [4.78, 5) is 36.5. The highest BCUT2D eigenvalue weighted by Gasteiger charge is 2.23. The van der Waals surface area contributed by atoms with Gasteiger partial charge in [0.2, 0.25) is 5.95 Å². The van der Waals surface area contributed by atoms with Gasteiger partial charge in [-0.1, -0.05) is 0 Å². The normalized spacial score (nSPS) is 14.2. The van der Waals surface area contributed by atoms with E-state index in [4.69, 9.17) is 4.74 Å². The summed E-state index contributed by atoms with van der Waals surface area (Å²) in [5, 5.41) is 4.34. The van der Waals surface area contributed by atoms with Crippen LogP contribution in [0, 0.1) is 13.8 Å². The van der Waals surface area contributed by atoms with Crippen molar-refractivity contribution < 1.29 is 14.3 Å². The standard InChI is InChI=1S/C19H26N6O3/c1-14-16(15(2)23(3)22-14)5-6-18(27)28-13-17(26)24-9-11-25(12-10-24)19-20-7-4-8-21-19/h4,7-8H,5-6,9-13H2,1-3H3. The van der Waals surface area contributed by atoms with Crippen molar-refractivity contribution in [2.75, 3.05) is 37.7 Å². The molecule has 0 unspecified atom stereocenters. The van der Waals surface area contributed by atoms with E-state index in [1.165, 1.54) is 0 Å². The molecule has 1 aliphatic rings. The van der Waals surface area contributed by atoms with Crippen molar-refractivity contribution in [1.29, 1.82) is 0 Å². The van der Waals surface area contributed by atoms with Crippen molar-refractivity contribution in [1.82, 2.24) is 24.6 Å². The van der Waals surface area contributed by atoms with Gasteiger partial charge in [0.15, 0.2) is 6.61 Å². The lowest BCUT2D eigenvalue weighted by atomic mass is 10.1.